The van der Waals surface area contributed by atoms with Crippen LogP contribution in [0.3, 0.4) is 0 Å². The second kappa shape index (κ2) is 11.0. The zero-order chi connectivity index (χ0) is 24.0. The van der Waals surface area contributed by atoms with Crippen LogP contribution in [0, 0.1) is 0 Å². The lowest BCUT2D eigenvalue weighted by Crippen LogP contribution is -2.35. The van der Waals surface area contributed by atoms with Gasteiger partial charge in [0.2, 0.25) is 21.8 Å². The van der Waals surface area contributed by atoms with E-state index in [1.54, 1.807) is 31.2 Å². The summed E-state index contributed by atoms with van der Waals surface area (Å²) in [5.41, 5.74) is 1.38. The van der Waals surface area contributed by atoms with Crippen molar-refractivity contribution >= 4 is 39.1 Å². The summed E-state index contributed by atoms with van der Waals surface area (Å²) >= 11 is 6.10. The van der Waals surface area contributed by atoms with E-state index in [1.165, 1.54) is 25.2 Å². The van der Waals surface area contributed by atoms with Crippen molar-refractivity contribution in [3.8, 4) is 5.75 Å². The van der Waals surface area contributed by atoms with Crippen molar-refractivity contribution in [2.45, 2.75) is 31.1 Å². The molecule has 3 rings (SSSR count). The van der Waals surface area contributed by atoms with E-state index in [1.807, 2.05) is 4.90 Å². The van der Waals surface area contributed by atoms with Crippen LogP contribution in [0.1, 0.15) is 25.3 Å². The number of carbonyl (C=O) groups excluding carboxylic acids is 2. The Bertz CT molecular complexity index is 1100. The number of nitrogens with zero attached hydrogens (tertiary/aromatic N) is 2. The molecule has 10 heteroatoms. The van der Waals surface area contributed by atoms with Gasteiger partial charge in [-0.2, -0.15) is 4.31 Å². The Morgan fingerprint density at radius 3 is 2.39 bits per heavy atom. The molecule has 0 radical (unpaired) electrons. The van der Waals surface area contributed by atoms with Crippen LogP contribution < -0.4 is 10.1 Å². The van der Waals surface area contributed by atoms with Gasteiger partial charge in [0.1, 0.15) is 5.75 Å². The van der Waals surface area contributed by atoms with E-state index in [2.05, 4.69) is 5.32 Å². The molecule has 2 aromatic carbocycles. The summed E-state index contributed by atoms with van der Waals surface area (Å²) < 4.78 is 31.9. The first-order valence-corrected chi connectivity index (χ1v) is 12.6. The van der Waals surface area contributed by atoms with Gasteiger partial charge in [0.05, 0.1) is 29.5 Å². The van der Waals surface area contributed by atoms with Gasteiger partial charge in [-0.25, -0.2) is 8.42 Å². The molecule has 1 heterocycles. The molecule has 1 N–H and O–H groups in total. The number of hydrogen-bond acceptors (Lipinski definition) is 5. The molecule has 0 spiro atoms. The summed E-state index contributed by atoms with van der Waals surface area (Å²) in [6, 6.07) is 11.2. The quantitative estimate of drug-likeness (QED) is 0.579. The average molecular weight is 494 g/mol. The van der Waals surface area contributed by atoms with Gasteiger partial charge in [-0.05, 0) is 55.7 Å². The Morgan fingerprint density at radius 1 is 1.12 bits per heavy atom. The maximum atomic E-state index is 12.8. The van der Waals surface area contributed by atoms with E-state index >= 15 is 0 Å². The molecule has 1 aliphatic heterocycles. The number of anilines is 1. The van der Waals surface area contributed by atoms with Gasteiger partial charge >= 0.3 is 0 Å². The molecule has 33 heavy (non-hydrogen) atoms. The standard InChI is InChI=1S/C23H28ClN3O5S/c1-3-32-21-11-10-19(15-20(21)24)33(30,31)26(2)16-22(28)25-18-8-6-17(7-9-18)14-23(29)27-12-4-5-13-27/h6-11,15H,3-5,12-14,16H2,1-2H3,(H,25,28). The maximum absolute atomic E-state index is 12.8. The summed E-state index contributed by atoms with van der Waals surface area (Å²) in [4.78, 5) is 26.5. The number of ether oxygens (including phenoxy) is 1. The van der Waals surface area contributed by atoms with Crippen molar-refractivity contribution in [3.05, 3.63) is 53.1 Å². The minimum absolute atomic E-state index is 0.0294. The van der Waals surface area contributed by atoms with Crippen molar-refractivity contribution in [2.24, 2.45) is 0 Å². The molecule has 0 aliphatic carbocycles. The predicted molar refractivity (Wildman–Crippen MR) is 127 cm³/mol. The van der Waals surface area contributed by atoms with Gasteiger partial charge in [0, 0.05) is 25.8 Å². The van der Waals surface area contributed by atoms with Crippen LogP contribution in [0.4, 0.5) is 5.69 Å². The van der Waals surface area contributed by atoms with E-state index < -0.39 is 15.9 Å². The van der Waals surface area contributed by atoms with Crippen molar-refractivity contribution in [1.29, 1.82) is 0 Å². The number of hydrogen-bond donors (Lipinski definition) is 1. The third-order valence-electron chi connectivity index (χ3n) is 5.33. The monoisotopic (exact) mass is 493 g/mol. The second-order valence-corrected chi connectivity index (χ2v) is 10.2. The summed E-state index contributed by atoms with van der Waals surface area (Å²) in [7, 11) is -2.59. The van der Waals surface area contributed by atoms with Crippen molar-refractivity contribution in [1.82, 2.24) is 9.21 Å². The highest BCUT2D eigenvalue weighted by Gasteiger charge is 2.24. The second-order valence-electron chi connectivity index (χ2n) is 7.80. The van der Waals surface area contributed by atoms with Crippen LogP contribution in [0.15, 0.2) is 47.4 Å². The van der Waals surface area contributed by atoms with E-state index in [-0.39, 0.29) is 22.4 Å². The van der Waals surface area contributed by atoms with Crippen LogP contribution in [0.5, 0.6) is 5.75 Å². The minimum atomic E-state index is -3.92. The first-order chi connectivity index (χ1) is 15.7. The molecule has 1 aliphatic rings. The van der Waals surface area contributed by atoms with Crippen LogP contribution in [-0.2, 0) is 26.0 Å². The molecule has 0 unspecified atom stereocenters. The summed E-state index contributed by atoms with van der Waals surface area (Å²) in [5.74, 6) is 0.00796. The SMILES string of the molecule is CCOc1ccc(S(=O)(=O)N(C)CC(=O)Nc2ccc(CC(=O)N3CCCC3)cc2)cc1Cl. The Morgan fingerprint density at radius 2 is 1.79 bits per heavy atom. The number of nitrogens with one attached hydrogen (secondary N) is 1. The number of carbonyl (C=O) groups is 2. The smallest absolute Gasteiger partial charge is 0.243 e. The third-order valence-corrected chi connectivity index (χ3v) is 7.42. The number of likely N-dealkylation sites (N-methyl/N-ethyl adjacent to an activating group) is 1. The number of likely N-dealkylation sites (tertiary alicyclic amines) is 1. The lowest BCUT2D eigenvalue weighted by molar-refractivity contribution is -0.129. The lowest BCUT2D eigenvalue weighted by Gasteiger charge is -2.18. The minimum Gasteiger partial charge on any atom is -0.492 e. The molecule has 0 aromatic heterocycles. The topological polar surface area (TPSA) is 96.0 Å². The predicted octanol–water partition coefficient (Wildman–Crippen LogP) is 3.16. The van der Waals surface area contributed by atoms with Gasteiger partial charge < -0.3 is 15.0 Å². The van der Waals surface area contributed by atoms with E-state index in [0.717, 1.165) is 35.8 Å². The van der Waals surface area contributed by atoms with E-state index in [9.17, 15) is 18.0 Å². The zero-order valence-electron chi connectivity index (χ0n) is 18.7. The van der Waals surface area contributed by atoms with Crippen LogP contribution in [0.25, 0.3) is 0 Å². The highest BCUT2D eigenvalue weighted by Crippen LogP contribution is 2.28. The molecule has 0 bridgehead atoms. The fourth-order valence-electron chi connectivity index (χ4n) is 3.54. The highest BCUT2D eigenvalue weighted by atomic mass is 35.5. The first kappa shape index (κ1) is 25.0. The van der Waals surface area contributed by atoms with E-state index in [4.69, 9.17) is 16.3 Å². The van der Waals surface area contributed by atoms with Crippen LogP contribution >= 0.6 is 11.6 Å². The van der Waals surface area contributed by atoms with Gasteiger partial charge in [-0.15, -0.1) is 0 Å². The lowest BCUT2D eigenvalue weighted by atomic mass is 10.1. The fraction of sp³-hybridized carbons (Fsp3) is 0.391. The molecule has 0 atom stereocenters. The summed E-state index contributed by atoms with van der Waals surface area (Å²) in [6.07, 6.45) is 2.42. The van der Waals surface area contributed by atoms with Crippen molar-refractivity contribution < 1.29 is 22.7 Å². The molecular formula is C23H28ClN3O5S. The molecule has 1 fully saturated rings. The molecule has 1 saturated heterocycles. The van der Waals surface area contributed by atoms with Gasteiger partial charge in [0.25, 0.3) is 0 Å². The molecular weight excluding hydrogens is 466 g/mol. The Hall–Kier alpha value is -2.62. The number of sulfonamides is 1. The number of amides is 2. The van der Waals surface area contributed by atoms with Crippen molar-refractivity contribution in [3.63, 3.8) is 0 Å². The Kier molecular flexibility index (Phi) is 8.34. The summed E-state index contributed by atoms with van der Waals surface area (Å²) in [6.45, 7) is 3.46. The molecule has 178 valence electrons. The third kappa shape index (κ3) is 6.46. The van der Waals surface area contributed by atoms with Crippen LogP contribution in [-0.4, -0.2) is 62.7 Å². The highest BCUT2D eigenvalue weighted by molar-refractivity contribution is 7.89. The van der Waals surface area contributed by atoms with E-state index in [0.29, 0.717) is 24.5 Å². The Balaban J connectivity index is 1.57. The average Bonchev–Trinajstić information content (AvgIpc) is 3.31. The first-order valence-electron chi connectivity index (χ1n) is 10.8. The Labute approximate surface area is 199 Å². The normalized spacial score (nSPS) is 13.9. The fourth-order valence-corrected chi connectivity index (χ4v) is 4.99. The van der Waals surface area contributed by atoms with Gasteiger partial charge in [-0.1, -0.05) is 23.7 Å². The molecule has 0 saturated carbocycles. The molecule has 2 aromatic rings. The van der Waals surface area contributed by atoms with Gasteiger partial charge in [0.15, 0.2) is 0 Å². The largest absolute Gasteiger partial charge is 0.492 e. The van der Waals surface area contributed by atoms with Crippen molar-refractivity contribution in [2.75, 3.05) is 38.6 Å². The van der Waals surface area contributed by atoms with Crippen LogP contribution in [0.2, 0.25) is 5.02 Å². The molecule has 2 amide bonds. The number of benzene rings is 2. The number of halogens is 1. The number of rotatable bonds is 9. The summed E-state index contributed by atoms with van der Waals surface area (Å²) in [5, 5.41) is 2.86. The molecule has 8 nitrogen and oxygen atoms in total. The maximum Gasteiger partial charge on any atom is 0.243 e. The zero-order valence-corrected chi connectivity index (χ0v) is 20.3. The van der Waals surface area contributed by atoms with Gasteiger partial charge in [-0.3, -0.25) is 9.59 Å².